The summed E-state index contributed by atoms with van der Waals surface area (Å²) in [6, 6.07) is -0.345. The van der Waals surface area contributed by atoms with Gasteiger partial charge in [0.25, 0.3) is 5.91 Å². The number of hydrogen-bond acceptors (Lipinski definition) is 6. The molecule has 4 aliphatic rings. The topological polar surface area (TPSA) is 75.6 Å². The first kappa shape index (κ1) is 22.9. The van der Waals surface area contributed by atoms with Gasteiger partial charge in [0.1, 0.15) is 6.10 Å². The van der Waals surface area contributed by atoms with Gasteiger partial charge in [0, 0.05) is 48.1 Å². The van der Waals surface area contributed by atoms with Crippen LogP contribution in [0, 0.1) is 5.92 Å². The van der Waals surface area contributed by atoms with Crippen LogP contribution in [0.3, 0.4) is 0 Å². The molecule has 0 saturated carbocycles. The summed E-state index contributed by atoms with van der Waals surface area (Å²) in [6.45, 7) is 6.92. The Labute approximate surface area is 176 Å². The second-order valence-corrected chi connectivity index (χ2v) is 9.04. The van der Waals surface area contributed by atoms with Crippen LogP contribution < -0.4 is 4.74 Å². The van der Waals surface area contributed by atoms with E-state index in [1.165, 1.54) is 4.90 Å². The third-order valence-corrected chi connectivity index (χ3v) is 6.86. The molecule has 4 saturated heterocycles. The van der Waals surface area contributed by atoms with Gasteiger partial charge in [0.05, 0.1) is 5.56 Å². The molecule has 11 heteroatoms. The first-order chi connectivity index (χ1) is 14.3. The van der Waals surface area contributed by atoms with Crippen molar-refractivity contribution in [3.63, 3.8) is 0 Å². The molecule has 0 spiro atoms. The predicted octanol–water partition coefficient (Wildman–Crippen LogP) is 2.20. The van der Waals surface area contributed by atoms with Crippen LogP contribution in [0.4, 0.5) is 13.2 Å². The number of piperidine rings is 3. The Morgan fingerprint density at radius 1 is 1.17 bits per heavy atom. The third-order valence-electron chi connectivity index (χ3n) is 5.58. The molecule has 0 aromatic carbocycles. The average Bonchev–Trinajstić information content (AvgIpc) is 2.75. The Morgan fingerprint density at radius 3 is 2.33 bits per heavy atom. The highest BCUT2D eigenvalue weighted by Crippen LogP contribution is 2.34. The molecule has 1 unspecified atom stereocenters. The minimum atomic E-state index is -4.81. The van der Waals surface area contributed by atoms with Gasteiger partial charge in [0.15, 0.2) is 5.69 Å². The first-order valence-corrected chi connectivity index (χ1v) is 11.8. The summed E-state index contributed by atoms with van der Waals surface area (Å²) in [5, 5.41) is 0. The maximum Gasteiger partial charge on any atom is 0.434 e. The standard InChI is InChI=1S/C17H21F3N4O3S.C2H6/c18-17(19,20)14-12(15(25)24-5-7-28(26)8-6-24)9-21-16(22-14)27-13-10-23-3-1-11(13)2-4-23;1-2/h9,11,13H,1-8,10H2;1-2H3. The monoisotopic (exact) mass is 448 g/mol. The summed E-state index contributed by atoms with van der Waals surface area (Å²) >= 11 is 0. The van der Waals surface area contributed by atoms with Crippen LogP contribution in [-0.2, 0) is 17.0 Å². The molecule has 4 fully saturated rings. The number of alkyl halides is 3. The number of rotatable bonds is 3. The molecule has 0 N–H and O–H groups in total. The van der Waals surface area contributed by atoms with E-state index in [1.807, 2.05) is 13.8 Å². The maximum atomic E-state index is 13.6. The molecule has 5 rings (SSSR count). The van der Waals surface area contributed by atoms with E-state index >= 15 is 0 Å². The quantitative estimate of drug-likeness (QED) is 0.706. The van der Waals surface area contributed by atoms with Crippen molar-refractivity contribution in [3.05, 3.63) is 17.5 Å². The van der Waals surface area contributed by atoms with Crippen LogP contribution in [-0.4, -0.2) is 80.2 Å². The molecule has 168 valence electrons. The Bertz CT molecular complexity index is 775. The molecule has 1 aromatic heterocycles. The van der Waals surface area contributed by atoms with Gasteiger partial charge in [-0.25, -0.2) is 4.98 Å². The van der Waals surface area contributed by atoms with Crippen LogP contribution in [0.5, 0.6) is 6.01 Å². The van der Waals surface area contributed by atoms with E-state index in [9.17, 15) is 22.2 Å². The predicted molar refractivity (Wildman–Crippen MR) is 106 cm³/mol. The molecule has 0 radical (unpaired) electrons. The number of carbonyl (C=O) groups excluding carboxylic acids is 1. The molecule has 1 atom stereocenters. The Balaban J connectivity index is 0.00000124. The highest BCUT2D eigenvalue weighted by Gasteiger charge is 2.41. The highest BCUT2D eigenvalue weighted by molar-refractivity contribution is 7.85. The molecule has 5 heterocycles. The van der Waals surface area contributed by atoms with Gasteiger partial charge in [-0.2, -0.15) is 18.2 Å². The number of halogens is 3. The Hall–Kier alpha value is -1.75. The smallest absolute Gasteiger partial charge is 0.434 e. The number of amides is 1. The maximum absolute atomic E-state index is 13.6. The molecule has 0 aliphatic carbocycles. The first-order valence-electron chi connectivity index (χ1n) is 10.3. The van der Waals surface area contributed by atoms with Crippen molar-refractivity contribution in [1.82, 2.24) is 19.8 Å². The molecular weight excluding hydrogens is 421 g/mol. The number of aromatic nitrogens is 2. The number of carbonyl (C=O) groups is 1. The second kappa shape index (κ2) is 9.59. The van der Waals surface area contributed by atoms with Crippen molar-refractivity contribution in [2.45, 2.75) is 39.0 Å². The van der Waals surface area contributed by atoms with Gasteiger partial charge in [-0.15, -0.1) is 0 Å². The summed E-state index contributed by atoms with van der Waals surface area (Å²) in [5.74, 6) is 0.0144. The largest absolute Gasteiger partial charge is 0.458 e. The normalized spacial score (nSPS) is 26.7. The van der Waals surface area contributed by atoms with E-state index in [1.54, 1.807) is 0 Å². The van der Waals surface area contributed by atoms with Crippen LogP contribution in [0.1, 0.15) is 42.7 Å². The Kier molecular flexibility index (Phi) is 7.33. The van der Waals surface area contributed by atoms with Crippen LogP contribution in [0.15, 0.2) is 6.20 Å². The average molecular weight is 449 g/mol. The van der Waals surface area contributed by atoms with Gasteiger partial charge in [-0.05, 0) is 31.8 Å². The molecule has 2 bridgehead atoms. The number of nitrogens with zero attached hydrogens (tertiary/aromatic N) is 4. The van der Waals surface area contributed by atoms with Crippen molar-refractivity contribution in [1.29, 1.82) is 0 Å². The van der Waals surface area contributed by atoms with E-state index in [4.69, 9.17) is 4.74 Å². The fraction of sp³-hybridized carbons (Fsp3) is 0.737. The Morgan fingerprint density at radius 2 is 1.80 bits per heavy atom. The van der Waals surface area contributed by atoms with Crippen molar-refractivity contribution < 1.29 is 26.9 Å². The number of ether oxygens (including phenoxy) is 1. The molecule has 7 nitrogen and oxygen atoms in total. The van der Waals surface area contributed by atoms with E-state index in [0.717, 1.165) is 32.1 Å². The zero-order valence-corrected chi connectivity index (χ0v) is 18.0. The van der Waals surface area contributed by atoms with Gasteiger partial charge in [-0.1, -0.05) is 13.8 Å². The fourth-order valence-corrected chi connectivity index (χ4v) is 5.04. The molecular formula is C19H27F3N4O3S. The summed E-state index contributed by atoms with van der Waals surface area (Å²) in [5.41, 5.74) is -1.88. The van der Waals surface area contributed by atoms with Crippen molar-refractivity contribution in [3.8, 4) is 6.01 Å². The molecule has 1 amide bonds. The van der Waals surface area contributed by atoms with Crippen molar-refractivity contribution in [2.75, 3.05) is 44.2 Å². The molecule has 4 aliphatic heterocycles. The van der Waals surface area contributed by atoms with Gasteiger partial charge < -0.3 is 9.64 Å². The summed E-state index contributed by atoms with van der Waals surface area (Å²) in [7, 11) is -1.04. The highest BCUT2D eigenvalue weighted by atomic mass is 32.2. The lowest BCUT2D eigenvalue weighted by Crippen LogP contribution is -2.52. The van der Waals surface area contributed by atoms with E-state index < -0.39 is 34.1 Å². The van der Waals surface area contributed by atoms with Crippen molar-refractivity contribution >= 4 is 16.7 Å². The minimum absolute atomic E-state index is 0.153. The lowest BCUT2D eigenvalue weighted by Gasteiger charge is -2.43. The van der Waals surface area contributed by atoms with Crippen LogP contribution in [0.25, 0.3) is 0 Å². The van der Waals surface area contributed by atoms with E-state index in [-0.39, 0.29) is 36.7 Å². The third kappa shape index (κ3) is 5.11. The number of fused-ring (bicyclic) bond motifs is 3. The molecule has 30 heavy (non-hydrogen) atoms. The van der Waals surface area contributed by atoms with Crippen LogP contribution in [0.2, 0.25) is 0 Å². The summed E-state index contributed by atoms with van der Waals surface area (Å²) in [4.78, 5) is 23.5. The van der Waals surface area contributed by atoms with E-state index in [2.05, 4.69) is 14.9 Å². The molecule has 1 aromatic rings. The number of hydrogen-bond donors (Lipinski definition) is 0. The minimum Gasteiger partial charge on any atom is -0.458 e. The zero-order valence-electron chi connectivity index (χ0n) is 17.2. The summed E-state index contributed by atoms with van der Waals surface area (Å²) in [6.07, 6.45) is -2.24. The zero-order chi connectivity index (χ0) is 21.9. The van der Waals surface area contributed by atoms with Gasteiger partial charge >= 0.3 is 12.2 Å². The lowest BCUT2D eigenvalue weighted by molar-refractivity contribution is -0.142. The van der Waals surface area contributed by atoms with Crippen LogP contribution >= 0.6 is 0 Å². The van der Waals surface area contributed by atoms with Gasteiger partial charge in [-0.3, -0.25) is 13.9 Å². The van der Waals surface area contributed by atoms with E-state index in [0.29, 0.717) is 12.5 Å². The second-order valence-electron chi connectivity index (χ2n) is 7.35. The van der Waals surface area contributed by atoms with Crippen molar-refractivity contribution in [2.24, 2.45) is 5.92 Å². The van der Waals surface area contributed by atoms with Gasteiger partial charge in [0.2, 0.25) is 0 Å². The SMILES string of the molecule is CC.O=C(c1cnc(OC2CN3CCC2CC3)nc1C(F)(F)F)N1CCS(=O)CC1. The summed E-state index contributed by atoms with van der Waals surface area (Å²) < 4.78 is 57.8. The lowest BCUT2D eigenvalue weighted by atomic mass is 9.86. The fourth-order valence-electron chi connectivity index (χ4n) is 3.99.